The molecule has 1 saturated heterocycles. The number of hydrogen-bond acceptors (Lipinski definition) is 5. The van der Waals surface area contributed by atoms with E-state index < -0.39 is 10.0 Å². The fourth-order valence-corrected chi connectivity index (χ4v) is 5.32. The van der Waals surface area contributed by atoms with Crippen LogP contribution in [-0.4, -0.2) is 53.9 Å². The number of sulfonamides is 1. The zero-order valence-corrected chi connectivity index (χ0v) is 17.6. The molecule has 1 amide bonds. The number of benzene rings is 1. The smallest absolute Gasteiger partial charge is 0.241 e. The zero-order valence-electron chi connectivity index (χ0n) is 16.8. The Hall–Kier alpha value is -2.26. The zero-order chi connectivity index (χ0) is 20.5. The van der Waals surface area contributed by atoms with Gasteiger partial charge in [0.2, 0.25) is 15.9 Å². The third kappa shape index (κ3) is 4.10. The van der Waals surface area contributed by atoms with E-state index in [0.29, 0.717) is 18.0 Å². The standard InChI is InChI=1S/C19H27N5O3S/c1-13-11-14(2)16(4)19(15(13)3)28(26,27)22-7-5-18(25)23-10-6-17(12-23)24-20-8-9-21-24/h8-9,11,17,22H,5-7,10,12H2,1-4H3. The van der Waals surface area contributed by atoms with Gasteiger partial charge < -0.3 is 4.90 Å². The van der Waals surface area contributed by atoms with Gasteiger partial charge in [-0.25, -0.2) is 13.1 Å². The minimum atomic E-state index is -3.68. The van der Waals surface area contributed by atoms with Gasteiger partial charge in [-0.15, -0.1) is 0 Å². The third-order valence-corrected chi connectivity index (χ3v) is 7.21. The molecule has 1 aromatic heterocycles. The van der Waals surface area contributed by atoms with Gasteiger partial charge in [-0.2, -0.15) is 15.0 Å². The molecule has 1 unspecified atom stereocenters. The molecular weight excluding hydrogens is 378 g/mol. The van der Waals surface area contributed by atoms with Gasteiger partial charge in [0.05, 0.1) is 23.3 Å². The van der Waals surface area contributed by atoms with Gasteiger partial charge in [-0.05, 0) is 56.4 Å². The Balaban J connectivity index is 1.60. The quantitative estimate of drug-likeness (QED) is 0.788. The third-order valence-electron chi connectivity index (χ3n) is 5.48. The van der Waals surface area contributed by atoms with Crippen LogP contribution in [0.15, 0.2) is 23.4 Å². The molecule has 1 aromatic carbocycles. The van der Waals surface area contributed by atoms with E-state index in [9.17, 15) is 13.2 Å². The summed E-state index contributed by atoms with van der Waals surface area (Å²) in [5.74, 6) is -0.0637. The average Bonchev–Trinajstić information content (AvgIpc) is 3.31. The van der Waals surface area contributed by atoms with Crippen molar-refractivity contribution in [2.45, 2.75) is 51.5 Å². The molecule has 0 bridgehead atoms. The highest BCUT2D eigenvalue weighted by atomic mass is 32.2. The first-order valence-electron chi connectivity index (χ1n) is 9.41. The lowest BCUT2D eigenvalue weighted by Crippen LogP contribution is -2.34. The van der Waals surface area contributed by atoms with E-state index in [4.69, 9.17) is 0 Å². The molecule has 0 saturated carbocycles. The van der Waals surface area contributed by atoms with E-state index in [1.165, 1.54) is 0 Å². The second kappa shape index (κ2) is 8.00. The molecule has 0 radical (unpaired) electrons. The van der Waals surface area contributed by atoms with Crippen LogP contribution in [0.3, 0.4) is 0 Å². The van der Waals surface area contributed by atoms with Gasteiger partial charge in [0.25, 0.3) is 0 Å². The van der Waals surface area contributed by atoms with Gasteiger partial charge in [0.15, 0.2) is 0 Å². The number of carbonyl (C=O) groups is 1. The molecule has 1 fully saturated rings. The summed E-state index contributed by atoms with van der Waals surface area (Å²) in [4.78, 5) is 16.2. The molecule has 2 heterocycles. The molecule has 0 spiro atoms. The largest absolute Gasteiger partial charge is 0.340 e. The Labute approximate surface area is 166 Å². The number of likely N-dealkylation sites (tertiary alicyclic amines) is 1. The first kappa shape index (κ1) is 20.5. The van der Waals surface area contributed by atoms with Crippen molar-refractivity contribution in [1.82, 2.24) is 24.6 Å². The number of aryl methyl sites for hydroxylation is 2. The molecule has 1 aliphatic rings. The lowest BCUT2D eigenvalue weighted by atomic mass is 10.0. The Morgan fingerprint density at radius 3 is 2.36 bits per heavy atom. The van der Waals surface area contributed by atoms with E-state index >= 15 is 0 Å². The van der Waals surface area contributed by atoms with E-state index in [-0.39, 0.29) is 24.9 Å². The molecule has 152 valence electrons. The molecule has 9 heteroatoms. The monoisotopic (exact) mass is 405 g/mol. The van der Waals surface area contributed by atoms with Crippen molar-refractivity contribution in [3.8, 4) is 0 Å². The molecule has 1 N–H and O–H groups in total. The van der Waals surface area contributed by atoms with Crippen LogP contribution in [0.1, 0.15) is 41.1 Å². The van der Waals surface area contributed by atoms with Crippen LogP contribution in [0.5, 0.6) is 0 Å². The van der Waals surface area contributed by atoms with Crippen LogP contribution < -0.4 is 4.72 Å². The number of amides is 1. The van der Waals surface area contributed by atoms with Crippen LogP contribution in [0.25, 0.3) is 0 Å². The predicted molar refractivity (Wildman–Crippen MR) is 105 cm³/mol. The summed E-state index contributed by atoms with van der Waals surface area (Å²) >= 11 is 0. The van der Waals surface area contributed by atoms with Crippen LogP contribution in [0.4, 0.5) is 0 Å². The number of nitrogens with one attached hydrogen (secondary N) is 1. The molecule has 0 aliphatic carbocycles. The van der Waals surface area contributed by atoms with Gasteiger partial charge in [-0.3, -0.25) is 4.79 Å². The fraction of sp³-hybridized carbons (Fsp3) is 0.526. The topological polar surface area (TPSA) is 97.2 Å². The lowest BCUT2D eigenvalue weighted by Gasteiger charge is -2.18. The van der Waals surface area contributed by atoms with E-state index in [0.717, 1.165) is 28.7 Å². The molecule has 28 heavy (non-hydrogen) atoms. The SMILES string of the molecule is Cc1cc(C)c(C)c(S(=O)(=O)NCCC(=O)N2CCC(n3nccn3)C2)c1C. The summed E-state index contributed by atoms with van der Waals surface area (Å²) in [6.07, 6.45) is 4.17. The van der Waals surface area contributed by atoms with Crippen LogP contribution >= 0.6 is 0 Å². The van der Waals surface area contributed by atoms with Crippen molar-refractivity contribution in [3.05, 3.63) is 40.7 Å². The van der Waals surface area contributed by atoms with Crippen molar-refractivity contribution in [3.63, 3.8) is 0 Å². The van der Waals surface area contributed by atoms with Gasteiger partial charge >= 0.3 is 0 Å². The molecule has 1 aliphatic heterocycles. The average molecular weight is 406 g/mol. The van der Waals surface area contributed by atoms with Crippen molar-refractivity contribution in [1.29, 1.82) is 0 Å². The normalized spacial score (nSPS) is 17.3. The predicted octanol–water partition coefficient (Wildman–Crippen LogP) is 1.65. The number of nitrogens with zero attached hydrogens (tertiary/aromatic N) is 4. The van der Waals surface area contributed by atoms with Crippen molar-refractivity contribution < 1.29 is 13.2 Å². The highest BCUT2D eigenvalue weighted by Crippen LogP contribution is 2.26. The highest BCUT2D eigenvalue weighted by Gasteiger charge is 2.28. The number of hydrogen-bond donors (Lipinski definition) is 1. The highest BCUT2D eigenvalue weighted by molar-refractivity contribution is 7.89. The summed E-state index contributed by atoms with van der Waals surface area (Å²) in [5.41, 5.74) is 3.37. The van der Waals surface area contributed by atoms with E-state index in [1.807, 2.05) is 33.8 Å². The first-order valence-corrected chi connectivity index (χ1v) is 10.9. The molecule has 2 aromatic rings. The summed E-state index contributed by atoms with van der Waals surface area (Å²) in [6.45, 7) is 8.70. The Morgan fingerprint density at radius 2 is 1.75 bits per heavy atom. The van der Waals surface area contributed by atoms with Crippen molar-refractivity contribution in [2.75, 3.05) is 19.6 Å². The summed E-state index contributed by atoms with van der Waals surface area (Å²) < 4.78 is 28.3. The summed E-state index contributed by atoms with van der Waals surface area (Å²) in [6, 6.07) is 2.07. The first-order chi connectivity index (χ1) is 13.2. The van der Waals surface area contributed by atoms with Crippen LogP contribution in [0, 0.1) is 27.7 Å². The second-order valence-corrected chi connectivity index (χ2v) is 9.07. The molecule has 8 nitrogen and oxygen atoms in total. The Morgan fingerprint density at radius 1 is 1.14 bits per heavy atom. The minimum absolute atomic E-state index is 0.0637. The maximum atomic E-state index is 12.8. The molecule has 3 rings (SSSR count). The fourth-order valence-electron chi connectivity index (χ4n) is 3.68. The number of rotatable bonds is 6. The Kier molecular flexibility index (Phi) is 5.85. The number of carbonyl (C=O) groups excluding carboxylic acids is 1. The minimum Gasteiger partial charge on any atom is -0.340 e. The van der Waals surface area contributed by atoms with Gasteiger partial charge in [0, 0.05) is 26.1 Å². The summed E-state index contributed by atoms with van der Waals surface area (Å²) in [5, 5.41) is 8.25. The van der Waals surface area contributed by atoms with Crippen molar-refractivity contribution in [2.24, 2.45) is 0 Å². The van der Waals surface area contributed by atoms with E-state index in [2.05, 4.69) is 14.9 Å². The maximum absolute atomic E-state index is 12.8. The van der Waals surface area contributed by atoms with Gasteiger partial charge in [-0.1, -0.05) is 6.07 Å². The molecule has 1 atom stereocenters. The van der Waals surface area contributed by atoms with Gasteiger partial charge in [0.1, 0.15) is 0 Å². The second-order valence-electron chi connectivity index (χ2n) is 7.37. The maximum Gasteiger partial charge on any atom is 0.241 e. The number of aromatic nitrogens is 3. The molecular formula is C19H27N5O3S. The van der Waals surface area contributed by atoms with Crippen LogP contribution in [0.2, 0.25) is 0 Å². The van der Waals surface area contributed by atoms with E-state index in [1.54, 1.807) is 22.1 Å². The Bertz CT molecular complexity index is 944. The van der Waals surface area contributed by atoms with Crippen LogP contribution in [-0.2, 0) is 14.8 Å². The van der Waals surface area contributed by atoms with Crippen molar-refractivity contribution >= 4 is 15.9 Å². The summed E-state index contributed by atoms with van der Waals surface area (Å²) in [7, 11) is -3.68. The lowest BCUT2D eigenvalue weighted by molar-refractivity contribution is -0.130.